The van der Waals surface area contributed by atoms with E-state index in [0.29, 0.717) is 16.4 Å². The lowest BCUT2D eigenvalue weighted by molar-refractivity contribution is 0.355. The van der Waals surface area contributed by atoms with Gasteiger partial charge in [-0.15, -0.1) is 0 Å². The molecule has 0 saturated heterocycles. The summed E-state index contributed by atoms with van der Waals surface area (Å²) >= 11 is 3.22. The smallest absolute Gasteiger partial charge is 0.137 e. The van der Waals surface area contributed by atoms with Gasteiger partial charge >= 0.3 is 0 Å². The Balaban J connectivity index is 2.75. The molecule has 1 aromatic carbocycles. The molecule has 0 amide bonds. The molecule has 2 atom stereocenters. The van der Waals surface area contributed by atoms with Crippen LogP contribution in [0.3, 0.4) is 0 Å². The van der Waals surface area contributed by atoms with E-state index in [1.54, 1.807) is 0 Å². The van der Waals surface area contributed by atoms with Gasteiger partial charge in [0.25, 0.3) is 0 Å². The first kappa shape index (κ1) is 14.7. The van der Waals surface area contributed by atoms with E-state index < -0.39 is 0 Å². The summed E-state index contributed by atoms with van der Waals surface area (Å²) in [6.07, 6.45) is 1.10. The Morgan fingerprint density at radius 1 is 1.29 bits per heavy atom. The van der Waals surface area contributed by atoms with Crippen LogP contribution in [0.2, 0.25) is 0 Å². The highest BCUT2D eigenvalue weighted by atomic mass is 79.9. The van der Waals surface area contributed by atoms with Gasteiger partial charge in [-0.05, 0) is 52.9 Å². The number of nitrogens with one attached hydrogen (secondary N) is 1. The number of hydrogen-bond acceptors (Lipinski definition) is 1. The van der Waals surface area contributed by atoms with Crippen molar-refractivity contribution in [3.8, 4) is 0 Å². The van der Waals surface area contributed by atoms with Crippen LogP contribution in [-0.2, 0) is 0 Å². The Morgan fingerprint density at radius 2 is 1.94 bits per heavy atom. The predicted molar refractivity (Wildman–Crippen MR) is 74.6 cm³/mol. The zero-order chi connectivity index (χ0) is 13.0. The lowest BCUT2D eigenvalue weighted by Crippen LogP contribution is -2.35. The molecule has 0 aromatic heterocycles. The quantitative estimate of drug-likeness (QED) is 0.833. The van der Waals surface area contributed by atoms with Gasteiger partial charge in [-0.25, -0.2) is 4.39 Å². The molecule has 0 heterocycles. The summed E-state index contributed by atoms with van der Waals surface area (Å²) in [6.45, 7) is 8.73. The fourth-order valence-electron chi connectivity index (χ4n) is 1.98. The zero-order valence-corrected chi connectivity index (χ0v) is 12.5. The molecule has 1 N–H and O–H groups in total. The normalized spacial score (nSPS) is 15.0. The van der Waals surface area contributed by atoms with Crippen LogP contribution in [0.25, 0.3) is 0 Å². The number of benzene rings is 1. The van der Waals surface area contributed by atoms with Crippen molar-refractivity contribution in [2.75, 3.05) is 0 Å². The van der Waals surface area contributed by atoms with Gasteiger partial charge < -0.3 is 5.32 Å². The lowest BCUT2D eigenvalue weighted by atomic mass is 9.99. The van der Waals surface area contributed by atoms with Gasteiger partial charge in [-0.3, -0.25) is 0 Å². The fraction of sp³-hybridized carbons (Fsp3) is 0.571. The predicted octanol–water partition coefficient (Wildman–Crippen LogP) is 4.67. The third-order valence-electron chi connectivity index (χ3n) is 3.15. The highest BCUT2D eigenvalue weighted by Gasteiger charge is 2.15. The van der Waals surface area contributed by atoms with Gasteiger partial charge in [-0.1, -0.05) is 26.8 Å². The molecule has 0 radical (unpaired) electrons. The van der Waals surface area contributed by atoms with Gasteiger partial charge in [0.15, 0.2) is 0 Å². The standard InChI is InChI=1S/C14H21BrFN/c1-5-14(9(2)3)17-10(4)11-6-7-13(16)12(15)8-11/h6-10,14,17H,5H2,1-4H3. The highest BCUT2D eigenvalue weighted by Crippen LogP contribution is 2.22. The second-order valence-electron chi connectivity index (χ2n) is 4.82. The van der Waals surface area contributed by atoms with Gasteiger partial charge in [0, 0.05) is 12.1 Å². The average Bonchev–Trinajstić information content (AvgIpc) is 2.28. The first-order valence-corrected chi connectivity index (χ1v) is 6.96. The van der Waals surface area contributed by atoms with E-state index in [9.17, 15) is 4.39 Å². The maximum Gasteiger partial charge on any atom is 0.137 e. The van der Waals surface area contributed by atoms with Gasteiger partial charge in [-0.2, -0.15) is 0 Å². The monoisotopic (exact) mass is 301 g/mol. The minimum atomic E-state index is -0.211. The van der Waals surface area contributed by atoms with Crippen molar-refractivity contribution >= 4 is 15.9 Å². The summed E-state index contributed by atoms with van der Waals surface area (Å²) in [5, 5.41) is 3.59. The largest absolute Gasteiger partial charge is 0.307 e. The second kappa shape index (κ2) is 6.50. The van der Waals surface area contributed by atoms with Crippen molar-refractivity contribution in [2.24, 2.45) is 5.92 Å². The third-order valence-corrected chi connectivity index (χ3v) is 3.76. The van der Waals surface area contributed by atoms with Crippen LogP contribution in [0.15, 0.2) is 22.7 Å². The molecule has 0 bridgehead atoms. The van der Waals surface area contributed by atoms with Crippen molar-refractivity contribution in [1.82, 2.24) is 5.32 Å². The van der Waals surface area contributed by atoms with Crippen molar-refractivity contribution in [3.63, 3.8) is 0 Å². The van der Waals surface area contributed by atoms with Crippen molar-refractivity contribution in [3.05, 3.63) is 34.1 Å². The lowest BCUT2D eigenvalue weighted by Gasteiger charge is -2.25. The molecule has 96 valence electrons. The number of halogens is 2. The Bertz CT molecular complexity index is 365. The van der Waals surface area contributed by atoms with E-state index >= 15 is 0 Å². The first-order valence-electron chi connectivity index (χ1n) is 6.16. The van der Waals surface area contributed by atoms with Gasteiger partial charge in [0.1, 0.15) is 5.82 Å². The van der Waals surface area contributed by atoms with E-state index in [4.69, 9.17) is 0 Å². The van der Waals surface area contributed by atoms with Gasteiger partial charge in [0.2, 0.25) is 0 Å². The van der Waals surface area contributed by atoms with E-state index in [-0.39, 0.29) is 11.9 Å². The molecule has 0 fully saturated rings. The van der Waals surface area contributed by atoms with Crippen LogP contribution in [0, 0.1) is 11.7 Å². The molecular formula is C14H21BrFN. The molecule has 1 rings (SSSR count). The van der Waals surface area contributed by atoms with Gasteiger partial charge in [0.05, 0.1) is 4.47 Å². The molecule has 2 unspecified atom stereocenters. The number of hydrogen-bond donors (Lipinski definition) is 1. The average molecular weight is 302 g/mol. The molecule has 0 aliphatic rings. The SMILES string of the molecule is CCC(NC(C)c1ccc(F)c(Br)c1)C(C)C. The molecule has 0 aliphatic carbocycles. The fourth-order valence-corrected chi connectivity index (χ4v) is 2.38. The molecule has 0 spiro atoms. The zero-order valence-electron chi connectivity index (χ0n) is 10.9. The van der Waals surface area contributed by atoms with Crippen LogP contribution in [-0.4, -0.2) is 6.04 Å². The summed E-state index contributed by atoms with van der Waals surface area (Å²) in [5.41, 5.74) is 1.11. The van der Waals surface area contributed by atoms with E-state index in [1.165, 1.54) is 6.07 Å². The summed E-state index contributed by atoms with van der Waals surface area (Å²) in [7, 11) is 0. The molecule has 1 aromatic rings. The minimum Gasteiger partial charge on any atom is -0.307 e. The maximum absolute atomic E-state index is 13.2. The Hall–Kier alpha value is -0.410. The van der Waals surface area contributed by atoms with E-state index in [0.717, 1.165) is 12.0 Å². The van der Waals surface area contributed by atoms with Crippen LogP contribution in [0.1, 0.15) is 45.7 Å². The molecule has 1 nitrogen and oxygen atoms in total. The van der Waals surface area contributed by atoms with Crippen LogP contribution in [0.5, 0.6) is 0 Å². The summed E-state index contributed by atoms with van der Waals surface area (Å²) < 4.78 is 13.7. The molecule has 3 heteroatoms. The minimum absolute atomic E-state index is 0.211. The molecule has 17 heavy (non-hydrogen) atoms. The van der Waals surface area contributed by atoms with Crippen LogP contribution < -0.4 is 5.32 Å². The Morgan fingerprint density at radius 3 is 2.41 bits per heavy atom. The summed E-state index contributed by atoms with van der Waals surface area (Å²) in [4.78, 5) is 0. The highest BCUT2D eigenvalue weighted by molar-refractivity contribution is 9.10. The van der Waals surface area contributed by atoms with Crippen molar-refractivity contribution in [1.29, 1.82) is 0 Å². The first-order chi connectivity index (χ1) is 7.95. The Labute approximate surface area is 112 Å². The van der Waals surface area contributed by atoms with E-state index in [2.05, 4.69) is 48.9 Å². The molecular weight excluding hydrogens is 281 g/mol. The summed E-state index contributed by atoms with van der Waals surface area (Å²) in [6, 6.07) is 5.92. The maximum atomic E-state index is 13.2. The summed E-state index contributed by atoms with van der Waals surface area (Å²) in [5.74, 6) is 0.392. The molecule has 0 aliphatic heterocycles. The van der Waals surface area contributed by atoms with Crippen molar-refractivity contribution in [2.45, 2.75) is 46.2 Å². The topological polar surface area (TPSA) is 12.0 Å². The van der Waals surface area contributed by atoms with Crippen LogP contribution >= 0.6 is 15.9 Å². The van der Waals surface area contributed by atoms with Crippen LogP contribution in [0.4, 0.5) is 4.39 Å². The molecule has 0 saturated carbocycles. The second-order valence-corrected chi connectivity index (χ2v) is 5.67. The van der Waals surface area contributed by atoms with Crippen molar-refractivity contribution < 1.29 is 4.39 Å². The van der Waals surface area contributed by atoms with E-state index in [1.807, 2.05) is 12.1 Å². The Kier molecular flexibility index (Phi) is 5.60. The third kappa shape index (κ3) is 4.07. The number of rotatable bonds is 5.